The van der Waals surface area contributed by atoms with Crippen molar-refractivity contribution in [2.75, 3.05) is 0 Å². The third kappa shape index (κ3) is 4.49. The van der Waals surface area contributed by atoms with Crippen LogP contribution in [0, 0.1) is 6.92 Å². The van der Waals surface area contributed by atoms with Crippen LogP contribution in [0.2, 0.25) is 0 Å². The zero-order valence-electron chi connectivity index (χ0n) is 12.8. The van der Waals surface area contributed by atoms with Gasteiger partial charge in [0.2, 0.25) is 0 Å². The molecular weight excluding hydrogens is 254 g/mol. The summed E-state index contributed by atoms with van der Waals surface area (Å²) in [5.74, 6) is 0.465. The predicted molar refractivity (Wildman–Crippen MR) is 79.5 cm³/mol. The average molecular weight is 279 g/mol. The first-order valence-electron chi connectivity index (χ1n) is 7.15. The average Bonchev–Trinajstić information content (AvgIpc) is 2.45. The zero-order chi connectivity index (χ0) is 15.1. The number of aromatic nitrogens is 1. The molecule has 0 aromatic carbocycles. The highest BCUT2D eigenvalue weighted by atomic mass is 16.5. The molecule has 5 nitrogen and oxygen atoms in total. The van der Waals surface area contributed by atoms with Crippen molar-refractivity contribution >= 4 is 5.91 Å². The van der Waals surface area contributed by atoms with Crippen molar-refractivity contribution in [1.82, 2.24) is 10.3 Å². The molecule has 1 atom stereocenters. The fourth-order valence-electron chi connectivity index (χ4n) is 1.91. The van der Waals surface area contributed by atoms with Crippen LogP contribution < -0.4 is 15.8 Å². The Morgan fingerprint density at radius 3 is 2.60 bits per heavy atom. The number of nitrogens with two attached hydrogens (primary N) is 1. The molecule has 0 bridgehead atoms. The van der Waals surface area contributed by atoms with Crippen molar-refractivity contribution in [3.8, 4) is 5.75 Å². The van der Waals surface area contributed by atoms with Gasteiger partial charge in [0.1, 0.15) is 5.75 Å². The zero-order valence-corrected chi connectivity index (χ0v) is 12.8. The number of carbonyl (C=O) groups excluding carboxylic acids is 1. The lowest BCUT2D eigenvalue weighted by atomic mass is 10.1. The topological polar surface area (TPSA) is 77.2 Å². The lowest BCUT2D eigenvalue weighted by Crippen LogP contribution is -2.42. The van der Waals surface area contributed by atoms with Gasteiger partial charge in [-0.1, -0.05) is 13.8 Å². The maximum atomic E-state index is 12.1. The summed E-state index contributed by atoms with van der Waals surface area (Å²) in [5, 5.41) is 2.97. The summed E-state index contributed by atoms with van der Waals surface area (Å²) in [7, 11) is 0. The fourth-order valence-corrected chi connectivity index (χ4v) is 1.91. The lowest BCUT2D eigenvalue weighted by Gasteiger charge is -2.20. The molecule has 0 saturated heterocycles. The van der Waals surface area contributed by atoms with Crippen LogP contribution in [-0.4, -0.2) is 23.0 Å². The Bertz CT molecular complexity index is 445. The standard InChI is InChI=1S/C15H25N3O2/c1-5-12(6-2)18-15(19)11(4)20-14-8-7-10(3)17-13(14)9-16/h7-8,11-12H,5-6,9,16H2,1-4H3,(H,18,19). The van der Waals surface area contributed by atoms with E-state index < -0.39 is 6.10 Å². The van der Waals surface area contributed by atoms with E-state index in [0.29, 0.717) is 11.4 Å². The Balaban J connectivity index is 2.70. The van der Waals surface area contributed by atoms with Gasteiger partial charge < -0.3 is 15.8 Å². The van der Waals surface area contributed by atoms with Gasteiger partial charge >= 0.3 is 0 Å². The summed E-state index contributed by atoms with van der Waals surface area (Å²) in [6, 6.07) is 3.85. The molecule has 1 aromatic heterocycles. The van der Waals surface area contributed by atoms with E-state index in [1.807, 2.05) is 19.1 Å². The van der Waals surface area contributed by atoms with Crippen LogP contribution in [0.3, 0.4) is 0 Å². The number of carbonyl (C=O) groups is 1. The quantitative estimate of drug-likeness (QED) is 0.799. The summed E-state index contributed by atoms with van der Waals surface area (Å²) in [6.45, 7) is 8.02. The molecule has 0 radical (unpaired) electrons. The lowest BCUT2D eigenvalue weighted by molar-refractivity contribution is -0.128. The number of hydrogen-bond donors (Lipinski definition) is 2. The van der Waals surface area contributed by atoms with Crippen LogP contribution in [0.5, 0.6) is 5.75 Å². The highest BCUT2D eigenvalue weighted by Crippen LogP contribution is 2.18. The van der Waals surface area contributed by atoms with E-state index in [0.717, 1.165) is 18.5 Å². The second-order valence-corrected chi connectivity index (χ2v) is 4.88. The van der Waals surface area contributed by atoms with E-state index in [2.05, 4.69) is 24.1 Å². The van der Waals surface area contributed by atoms with E-state index in [9.17, 15) is 4.79 Å². The van der Waals surface area contributed by atoms with Crippen molar-refractivity contribution in [3.63, 3.8) is 0 Å². The first kappa shape index (κ1) is 16.4. The minimum absolute atomic E-state index is 0.109. The first-order chi connectivity index (χ1) is 9.51. The molecule has 20 heavy (non-hydrogen) atoms. The molecular formula is C15H25N3O2. The van der Waals surface area contributed by atoms with Gasteiger partial charge in [-0.3, -0.25) is 9.78 Å². The number of pyridine rings is 1. The summed E-state index contributed by atoms with van der Waals surface area (Å²) in [4.78, 5) is 16.4. The van der Waals surface area contributed by atoms with Crippen LogP contribution in [0.1, 0.15) is 45.0 Å². The number of hydrogen-bond acceptors (Lipinski definition) is 4. The molecule has 0 aliphatic carbocycles. The Hall–Kier alpha value is -1.62. The minimum Gasteiger partial charge on any atom is -0.479 e. The maximum Gasteiger partial charge on any atom is 0.260 e. The number of nitrogens with zero attached hydrogens (tertiary/aromatic N) is 1. The molecule has 0 aliphatic rings. The molecule has 1 rings (SSSR count). The van der Waals surface area contributed by atoms with Gasteiger partial charge in [0.15, 0.2) is 6.10 Å². The molecule has 3 N–H and O–H groups in total. The predicted octanol–water partition coefficient (Wildman–Crippen LogP) is 1.92. The summed E-state index contributed by atoms with van der Waals surface area (Å²) >= 11 is 0. The van der Waals surface area contributed by atoms with E-state index in [1.165, 1.54) is 0 Å². The van der Waals surface area contributed by atoms with Gasteiger partial charge in [0.05, 0.1) is 5.69 Å². The third-order valence-corrected chi connectivity index (χ3v) is 3.27. The largest absolute Gasteiger partial charge is 0.479 e. The molecule has 1 heterocycles. The van der Waals surface area contributed by atoms with Crippen molar-refractivity contribution < 1.29 is 9.53 Å². The second kappa shape index (κ2) is 7.85. The van der Waals surface area contributed by atoms with Crippen molar-refractivity contribution in [2.45, 2.75) is 59.2 Å². The Morgan fingerprint density at radius 1 is 1.40 bits per heavy atom. The molecule has 0 saturated carbocycles. The smallest absolute Gasteiger partial charge is 0.260 e. The number of rotatable bonds is 7. The van der Waals surface area contributed by atoms with Crippen molar-refractivity contribution in [2.24, 2.45) is 5.73 Å². The molecule has 0 spiro atoms. The van der Waals surface area contributed by atoms with Crippen LogP contribution in [0.15, 0.2) is 12.1 Å². The van der Waals surface area contributed by atoms with Gasteiger partial charge in [-0.2, -0.15) is 0 Å². The van der Waals surface area contributed by atoms with E-state index in [-0.39, 0.29) is 18.5 Å². The van der Waals surface area contributed by atoms with Crippen LogP contribution in [0.4, 0.5) is 0 Å². The second-order valence-electron chi connectivity index (χ2n) is 4.88. The van der Waals surface area contributed by atoms with Gasteiger partial charge in [-0.15, -0.1) is 0 Å². The molecule has 1 amide bonds. The molecule has 112 valence electrons. The van der Waals surface area contributed by atoms with Gasteiger partial charge in [-0.25, -0.2) is 0 Å². The fraction of sp³-hybridized carbons (Fsp3) is 0.600. The SMILES string of the molecule is CCC(CC)NC(=O)C(C)Oc1ccc(C)nc1CN. The van der Waals surface area contributed by atoms with Crippen molar-refractivity contribution in [1.29, 1.82) is 0 Å². The van der Waals surface area contributed by atoms with Gasteiger partial charge in [0, 0.05) is 18.3 Å². The highest BCUT2D eigenvalue weighted by molar-refractivity contribution is 5.81. The van der Waals surface area contributed by atoms with E-state index >= 15 is 0 Å². The van der Waals surface area contributed by atoms with Crippen molar-refractivity contribution in [3.05, 3.63) is 23.5 Å². The number of ether oxygens (including phenoxy) is 1. The van der Waals surface area contributed by atoms with Crippen LogP contribution >= 0.6 is 0 Å². The number of nitrogens with one attached hydrogen (secondary N) is 1. The van der Waals surface area contributed by atoms with Crippen LogP contribution in [0.25, 0.3) is 0 Å². The van der Waals surface area contributed by atoms with E-state index in [1.54, 1.807) is 6.92 Å². The number of aryl methyl sites for hydroxylation is 1. The monoisotopic (exact) mass is 279 g/mol. The summed E-state index contributed by atoms with van der Waals surface area (Å²) < 4.78 is 5.69. The molecule has 1 unspecified atom stereocenters. The normalized spacial score (nSPS) is 12.3. The molecule has 0 fully saturated rings. The summed E-state index contributed by atoms with van der Waals surface area (Å²) in [5.41, 5.74) is 7.21. The number of amides is 1. The minimum atomic E-state index is -0.564. The first-order valence-corrected chi connectivity index (χ1v) is 7.15. The maximum absolute atomic E-state index is 12.1. The van der Waals surface area contributed by atoms with E-state index in [4.69, 9.17) is 10.5 Å². The molecule has 5 heteroatoms. The Morgan fingerprint density at radius 2 is 2.05 bits per heavy atom. The Labute approximate surface area is 120 Å². The van der Waals surface area contributed by atoms with Gasteiger partial charge in [0.25, 0.3) is 5.91 Å². The highest BCUT2D eigenvalue weighted by Gasteiger charge is 2.18. The molecule has 0 aliphatic heterocycles. The summed E-state index contributed by atoms with van der Waals surface area (Å²) in [6.07, 6.45) is 1.26. The third-order valence-electron chi connectivity index (χ3n) is 3.27. The van der Waals surface area contributed by atoms with Crippen LogP contribution in [-0.2, 0) is 11.3 Å². The Kier molecular flexibility index (Phi) is 6.45. The van der Waals surface area contributed by atoms with Gasteiger partial charge in [-0.05, 0) is 38.8 Å². The molecule has 1 aromatic rings.